The number of nitrogens with one attached hydrogen (secondary N) is 1. The number of benzene rings is 1. The van der Waals surface area contributed by atoms with E-state index in [1.165, 1.54) is 31.7 Å². The van der Waals surface area contributed by atoms with Gasteiger partial charge in [-0.2, -0.15) is 0 Å². The quantitative estimate of drug-likeness (QED) is 0.671. The number of nitro groups is 1. The topological polar surface area (TPSA) is 79.2 Å². The number of hydrogen-bond acceptors (Lipinski definition) is 3. The Kier molecular flexibility index (Phi) is 3.75. The maximum absolute atomic E-state index is 13.0. The summed E-state index contributed by atoms with van der Waals surface area (Å²) in [5, 5.41) is 11.9. The molecule has 1 N–H and O–H groups in total. The number of aromatic amines is 1. The molecule has 0 bridgehead atoms. The van der Waals surface area contributed by atoms with E-state index in [2.05, 4.69) is 4.98 Å². The molecule has 0 spiro atoms. The van der Waals surface area contributed by atoms with Crippen LogP contribution in [0.4, 0.5) is 5.69 Å². The molecule has 2 aromatic rings. The van der Waals surface area contributed by atoms with Gasteiger partial charge in [-0.3, -0.25) is 14.9 Å². The number of para-hydroxylation sites is 1. The van der Waals surface area contributed by atoms with Gasteiger partial charge in [0.2, 0.25) is 0 Å². The Morgan fingerprint density at radius 1 is 1.21 bits per heavy atom. The number of H-pyrrole nitrogens is 1. The Balaban J connectivity index is 1.68. The van der Waals surface area contributed by atoms with Crippen LogP contribution in [-0.2, 0) is 0 Å². The standard InChI is InChI=1S/C18H21N3O3/c22-18(20-10-4-7-12-5-1-2-8-15(12)20)14-11-13-6-3-9-16(21(23)24)17(13)19-14/h3,6,9,11-12,15,19H,1-2,4-5,7-8,10H2/t12-,15-/m1/s1. The van der Waals surface area contributed by atoms with Gasteiger partial charge in [0, 0.05) is 24.0 Å². The minimum Gasteiger partial charge on any atom is -0.345 e. The van der Waals surface area contributed by atoms with Gasteiger partial charge in [0.25, 0.3) is 11.6 Å². The predicted octanol–water partition coefficient (Wildman–Crippen LogP) is 3.87. The molecule has 24 heavy (non-hydrogen) atoms. The van der Waals surface area contributed by atoms with Crippen LogP contribution in [0, 0.1) is 16.0 Å². The molecule has 1 amide bonds. The third-order valence-corrected chi connectivity index (χ3v) is 5.57. The van der Waals surface area contributed by atoms with Crippen LogP contribution in [0.5, 0.6) is 0 Å². The van der Waals surface area contributed by atoms with Crippen molar-refractivity contribution in [2.24, 2.45) is 5.92 Å². The Labute approximate surface area is 140 Å². The number of carbonyl (C=O) groups excluding carboxylic acids is 1. The van der Waals surface area contributed by atoms with Crippen molar-refractivity contribution in [3.8, 4) is 0 Å². The number of rotatable bonds is 2. The lowest BCUT2D eigenvalue weighted by atomic mass is 9.78. The first-order valence-corrected chi connectivity index (χ1v) is 8.72. The fraction of sp³-hybridized carbons (Fsp3) is 0.500. The summed E-state index contributed by atoms with van der Waals surface area (Å²) in [6.07, 6.45) is 7.01. The lowest BCUT2D eigenvalue weighted by molar-refractivity contribution is -0.383. The number of amides is 1. The smallest absolute Gasteiger partial charge is 0.293 e. The number of aromatic nitrogens is 1. The molecule has 0 radical (unpaired) electrons. The van der Waals surface area contributed by atoms with Gasteiger partial charge in [-0.25, -0.2) is 0 Å². The van der Waals surface area contributed by atoms with Gasteiger partial charge >= 0.3 is 0 Å². The minimum absolute atomic E-state index is 0.0146. The van der Waals surface area contributed by atoms with Crippen molar-refractivity contribution in [2.75, 3.05) is 6.54 Å². The van der Waals surface area contributed by atoms with Gasteiger partial charge in [-0.15, -0.1) is 0 Å². The van der Waals surface area contributed by atoms with Crippen molar-refractivity contribution in [1.82, 2.24) is 9.88 Å². The van der Waals surface area contributed by atoms with Crippen molar-refractivity contribution >= 4 is 22.5 Å². The first-order valence-electron chi connectivity index (χ1n) is 8.72. The van der Waals surface area contributed by atoms with Crippen LogP contribution in [0.25, 0.3) is 10.9 Å². The van der Waals surface area contributed by atoms with Gasteiger partial charge in [0.1, 0.15) is 11.2 Å². The molecule has 1 saturated heterocycles. The number of carbonyl (C=O) groups is 1. The fourth-order valence-electron chi connectivity index (χ4n) is 4.44. The molecule has 2 heterocycles. The van der Waals surface area contributed by atoms with E-state index in [0.717, 1.165) is 19.4 Å². The van der Waals surface area contributed by atoms with Gasteiger partial charge in [-0.05, 0) is 37.7 Å². The second kappa shape index (κ2) is 5.92. The predicted molar refractivity (Wildman–Crippen MR) is 91.0 cm³/mol. The zero-order chi connectivity index (χ0) is 16.7. The normalized spacial score (nSPS) is 23.9. The lowest BCUT2D eigenvalue weighted by Crippen LogP contribution is -2.49. The molecule has 6 heteroatoms. The molecule has 2 aliphatic rings. The summed E-state index contributed by atoms with van der Waals surface area (Å²) >= 11 is 0. The fourth-order valence-corrected chi connectivity index (χ4v) is 4.44. The van der Waals surface area contributed by atoms with Crippen molar-refractivity contribution in [3.05, 3.63) is 40.1 Å². The third-order valence-electron chi connectivity index (χ3n) is 5.57. The van der Waals surface area contributed by atoms with Crippen LogP contribution in [-0.4, -0.2) is 33.3 Å². The number of fused-ring (bicyclic) bond motifs is 2. The number of nitro benzene ring substituents is 1. The first kappa shape index (κ1) is 15.2. The number of piperidine rings is 1. The SMILES string of the molecule is O=C(c1cc2cccc([N+](=O)[O-])c2[nH]1)N1CCC[C@H]2CCCC[C@H]21. The first-order chi connectivity index (χ1) is 11.6. The van der Waals surface area contributed by atoms with Crippen LogP contribution in [0.1, 0.15) is 49.0 Å². The van der Waals surface area contributed by atoms with E-state index in [4.69, 9.17) is 0 Å². The maximum atomic E-state index is 13.0. The molecule has 1 aliphatic carbocycles. The number of nitrogens with zero attached hydrogens (tertiary/aromatic N) is 2. The van der Waals surface area contributed by atoms with Crippen LogP contribution in [0.15, 0.2) is 24.3 Å². The summed E-state index contributed by atoms with van der Waals surface area (Å²) < 4.78 is 0. The molecule has 0 unspecified atom stereocenters. The van der Waals surface area contributed by atoms with E-state index >= 15 is 0 Å². The van der Waals surface area contributed by atoms with E-state index in [1.54, 1.807) is 18.2 Å². The van der Waals surface area contributed by atoms with Crippen LogP contribution in [0.3, 0.4) is 0 Å². The molecule has 2 fully saturated rings. The van der Waals surface area contributed by atoms with Gasteiger partial charge < -0.3 is 9.88 Å². The van der Waals surface area contributed by atoms with E-state index in [1.807, 2.05) is 4.90 Å². The second-order valence-electron chi connectivity index (χ2n) is 6.93. The highest BCUT2D eigenvalue weighted by molar-refractivity contribution is 6.00. The van der Waals surface area contributed by atoms with Crippen molar-refractivity contribution in [3.63, 3.8) is 0 Å². The zero-order valence-electron chi connectivity index (χ0n) is 13.5. The van der Waals surface area contributed by atoms with Crippen LogP contribution in [0.2, 0.25) is 0 Å². The summed E-state index contributed by atoms with van der Waals surface area (Å²) in [6.45, 7) is 0.789. The molecular formula is C18H21N3O3. The molecule has 1 aliphatic heterocycles. The van der Waals surface area contributed by atoms with Crippen LogP contribution >= 0.6 is 0 Å². The van der Waals surface area contributed by atoms with Gasteiger partial charge in [-0.1, -0.05) is 25.0 Å². The van der Waals surface area contributed by atoms with Crippen LogP contribution < -0.4 is 0 Å². The molecule has 1 aromatic carbocycles. The third kappa shape index (κ3) is 2.46. The average Bonchev–Trinajstić information content (AvgIpc) is 3.04. The summed E-state index contributed by atoms with van der Waals surface area (Å²) in [4.78, 5) is 28.8. The van der Waals surface area contributed by atoms with Crippen molar-refractivity contribution < 1.29 is 9.72 Å². The molecule has 4 rings (SSSR count). The number of non-ortho nitro benzene ring substituents is 1. The lowest BCUT2D eigenvalue weighted by Gasteiger charge is -2.44. The Morgan fingerprint density at radius 3 is 2.83 bits per heavy atom. The van der Waals surface area contributed by atoms with E-state index < -0.39 is 4.92 Å². The van der Waals surface area contributed by atoms with E-state index in [9.17, 15) is 14.9 Å². The number of hydrogen-bond donors (Lipinski definition) is 1. The minimum atomic E-state index is -0.412. The molecular weight excluding hydrogens is 306 g/mol. The van der Waals surface area contributed by atoms with Gasteiger partial charge in [0.15, 0.2) is 0 Å². The molecule has 1 saturated carbocycles. The van der Waals surface area contributed by atoms with Crippen molar-refractivity contribution in [1.29, 1.82) is 0 Å². The Bertz CT molecular complexity index is 796. The second-order valence-corrected chi connectivity index (χ2v) is 6.93. The average molecular weight is 327 g/mol. The summed E-state index contributed by atoms with van der Waals surface area (Å²) in [5.41, 5.74) is 0.911. The molecule has 6 nitrogen and oxygen atoms in total. The monoisotopic (exact) mass is 327 g/mol. The van der Waals surface area contributed by atoms with E-state index in [0.29, 0.717) is 28.6 Å². The Morgan fingerprint density at radius 2 is 2.00 bits per heavy atom. The van der Waals surface area contributed by atoms with Crippen molar-refractivity contribution in [2.45, 2.75) is 44.6 Å². The highest BCUT2D eigenvalue weighted by atomic mass is 16.6. The Hall–Kier alpha value is -2.37. The molecule has 126 valence electrons. The summed E-state index contributed by atoms with van der Waals surface area (Å²) in [7, 11) is 0. The summed E-state index contributed by atoms with van der Waals surface area (Å²) in [6, 6.07) is 7.00. The summed E-state index contributed by atoms with van der Waals surface area (Å²) in [5.74, 6) is 0.604. The zero-order valence-corrected chi connectivity index (χ0v) is 13.5. The molecule has 1 aromatic heterocycles. The highest BCUT2D eigenvalue weighted by Gasteiger charge is 2.36. The highest BCUT2D eigenvalue weighted by Crippen LogP contribution is 2.36. The maximum Gasteiger partial charge on any atom is 0.293 e. The van der Waals surface area contributed by atoms with E-state index in [-0.39, 0.29) is 11.6 Å². The van der Waals surface area contributed by atoms with Gasteiger partial charge in [0.05, 0.1) is 4.92 Å². The number of likely N-dealkylation sites (tertiary alicyclic amines) is 1. The largest absolute Gasteiger partial charge is 0.345 e. The molecule has 2 atom stereocenters.